The average molecular weight is 451 g/mol. The van der Waals surface area contributed by atoms with Gasteiger partial charge in [-0.15, -0.1) is 0 Å². The van der Waals surface area contributed by atoms with E-state index in [-0.39, 0.29) is 48.5 Å². The summed E-state index contributed by atoms with van der Waals surface area (Å²) in [5, 5.41) is 9.80. The molecule has 2 aromatic rings. The summed E-state index contributed by atoms with van der Waals surface area (Å²) >= 11 is 3.41. The minimum Gasteiger partial charge on any atom is -0.394 e. The largest absolute Gasteiger partial charge is 0.394 e. The number of aliphatic hydroxyl groups excluding tert-OH is 1. The van der Waals surface area contributed by atoms with Gasteiger partial charge < -0.3 is 10.0 Å². The Hall–Kier alpha value is -1.74. The van der Waals surface area contributed by atoms with Gasteiger partial charge in [-0.1, -0.05) is 46.3 Å². The van der Waals surface area contributed by atoms with E-state index in [1.54, 1.807) is 23.1 Å². The van der Waals surface area contributed by atoms with Crippen molar-refractivity contribution >= 4 is 31.9 Å². The van der Waals surface area contributed by atoms with Crippen LogP contribution in [0.1, 0.15) is 11.5 Å². The van der Waals surface area contributed by atoms with E-state index in [0.29, 0.717) is 0 Å². The molecule has 2 heterocycles. The molecule has 2 fully saturated rings. The molecule has 27 heavy (non-hydrogen) atoms. The number of hydrogen-bond acceptors (Lipinski definition) is 4. The first-order valence-electron chi connectivity index (χ1n) is 8.66. The second kappa shape index (κ2) is 7.01. The quantitative estimate of drug-likeness (QED) is 0.770. The van der Waals surface area contributed by atoms with Gasteiger partial charge in [0.25, 0.3) is 0 Å². The van der Waals surface area contributed by atoms with E-state index >= 15 is 0 Å². The Balaban J connectivity index is 1.64. The van der Waals surface area contributed by atoms with Gasteiger partial charge in [0.05, 0.1) is 30.1 Å². The molecule has 0 radical (unpaired) electrons. The highest BCUT2D eigenvalue weighted by molar-refractivity contribution is 9.10. The fourth-order valence-electron chi connectivity index (χ4n) is 4.08. The molecule has 142 valence electrons. The molecule has 1 N–H and O–H groups in total. The van der Waals surface area contributed by atoms with Gasteiger partial charge in [0.15, 0.2) is 0 Å². The first-order chi connectivity index (χ1) is 12.9. The molecule has 3 atom stereocenters. The number of amides is 1. The first-order valence-corrected chi connectivity index (χ1v) is 10.9. The second-order valence-corrected chi connectivity index (χ2v) is 9.66. The van der Waals surface area contributed by atoms with Gasteiger partial charge in [-0.25, -0.2) is 8.42 Å². The van der Waals surface area contributed by atoms with Crippen molar-refractivity contribution < 1.29 is 18.3 Å². The lowest BCUT2D eigenvalue weighted by Crippen LogP contribution is -2.73. The molecule has 0 aliphatic carbocycles. The van der Waals surface area contributed by atoms with Gasteiger partial charge in [0, 0.05) is 16.9 Å². The highest BCUT2D eigenvalue weighted by Crippen LogP contribution is 2.43. The maximum atomic E-state index is 12.9. The van der Waals surface area contributed by atoms with Crippen LogP contribution in [0.2, 0.25) is 0 Å². The number of carbonyl (C=O) groups excluding carboxylic acids is 1. The number of piperazine rings is 1. The molecule has 2 aromatic carbocycles. The van der Waals surface area contributed by atoms with Crippen LogP contribution < -0.4 is 0 Å². The number of carbonyl (C=O) groups is 1. The lowest BCUT2D eigenvalue weighted by molar-refractivity contribution is -0.158. The lowest BCUT2D eigenvalue weighted by Gasteiger charge is -2.58. The predicted octanol–water partition coefficient (Wildman–Crippen LogP) is 1.81. The van der Waals surface area contributed by atoms with Crippen LogP contribution in [0.4, 0.5) is 0 Å². The van der Waals surface area contributed by atoms with Crippen molar-refractivity contribution in [3.05, 3.63) is 64.6 Å². The zero-order chi connectivity index (χ0) is 19.2. The Bertz CT molecular complexity index is 949. The maximum absolute atomic E-state index is 12.9. The Morgan fingerprint density at radius 3 is 2.37 bits per heavy atom. The third kappa shape index (κ3) is 3.10. The smallest absolute Gasteiger partial charge is 0.243 e. The van der Waals surface area contributed by atoms with Crippen molar-refractivity contribution in [2.75, 3.05) is 19.7 Å². The molecule has 2 aliphatic heterocycles. The van der Waals surface area contributed by atoms with Crippen LogP contribution in [0, 0.1) is 0 Å². The molecule has 0 bridgehead atoms. The summed E-state index contributed by atoms with van der Waals surface area (Å²) in [6, 6.07) is 15.3. The molecule has 0 saturated carbocycles. The summed E-state index contributed by atoms with van der Waals surface area (Å²) in [5.74, 6) is -0.362. The Kier molecular flexibility index (Phi) is 4.84. The van der Waals surface area contributed by atoms with Crippen LogP contribution in [0.25, 0.3) is 0 Å². The molecule has 0 aromatic heterocycles. The van der Waals surface area contributed by atoms with Gasteiger partial charge in [-0.3, -0.25) is 4.79 Å². The van der Waals surface area contributed by atoms with Gasteiger partial charge in [-0.05, 0) is 29.8 Å². The number of benzene rings is 2. The standard InChI is InChI=1S/C19H19BrN2O4S/c20-14-8-6-13(7-9-14)19-16-10-21(11-18(24)22(16)17(19)12-23)27(25,26)15-4-2-1-3-5-15/h1-9,16-17,19,23H,10-12H2/t16-,17+,19-/m0/s1. The van der Waals surface area contributed by atoms with E-state index in [1.165, 1.54) is 16.4 Å². The molecule has 8 heteroatoms. The molecule has 1 amide bonds. The van der Waals surface area contributed by atoms with Gasteiger partial charge in [0.1, 0.15) is 0 Å². The van der Waals surface area contributed by atoms with E-state index in [9.17, 15) is 18.3 Å². The minimum atomic E-state index is -3.74. The number of hydrogen-bond donors (Lipinski definition) is 1. The number of rotatable bonds is 4. The zero-order valence-corrected chi connectivity index (χ0v) is 16.8. The number of fused-ring (bicyclic) bond motifs is 1. The van der Waals surface area contributed by atoms with Gasteiger partial charge in [-0.2, -0.15) is 4.31 Å². The van der Waals surface area contributed by atoms with Crippen LogP contribution >= 0.6 is 15.9 Å². The van der Waals surface area contributed by atoms with E-state index in [2.05, 4.69) is 15.9 Å². The summed E-state index contributed by atoms with van der Waals surface area (Å²) in [4.78, 5) is 14.5. The van der Waals surface area contributed by atoms with Crippen LogP contribution in [-0.4, -0.2) is 60.4 Å². The molecule has 6 nitrogen and oxygen atoms in total. The van der Waals surface area contributed by atoms with Crippen molar-refractivity contribution in [2.24, 2.45) is 0 Å². The van der Waals surface area contributed by atoms with Gasteiger partial charge in [0.2, 0.25) is 15.9 Å². The van der Waals surface area contributed by atoms with Crippen LogP contribution in [0.3, 0.4) is 0 Å². The summed E-state index contributed by atoms with van der Waals surface area (Å²) in [5.41, 5.74) is 0.991. The first kappa shape index (κ1) is 18.6. The zero-order valence-electron chi connectivity index (χ0n) is 14.4. The van der Waals surface area contributed by atoms with Gasteiger partial charge >= 0.3 is 0 Å². The van der Waals surface area contributed by atoms with Crippen molar-refractivity contribution in [2.45, 2.75) is 22.9 Å². The molecule has 4 rings (SSSR count). The molecular weight excluding hydrogens is 432 g/mol. The minimum absolute atomic E-state index is 0.0965. The third-order valence-electron chi connectivity index (χ3n) is 5.36. The topological polar surface area (TPSA) is 77.9 Å². The maximum Gasteiger partial charge on any atom is 0.243 e. The average Bonchev–Trinajstić information content (AvgIpc) is 2.65. The van der Waals surface area contributed by atoms with Crippen molar-refractivity contribution in [1.82, 2.24) is 9.21 Å². The lowest BCUT2D eigenvalue weighted by atomic mass is 9.74. The SMILES string of the molecule is O=C1CN(S(=O)(=O)c2ccccc2)C[C@H]2[C@H](c3ccc(Br)cc3)[C@@H](CO)N12. The summed E-state index contributed by atoms with van der Waals surface area (Å²) in [6.45, 7) is -0.119. The van der Waals surface area contributed by atoms with E-state index in [1.807, 2.05) is 24.3 Å². The highest BCUT2D eigenvalue weighted by Gasteiger charge is 2.55. The Morgan fingerprint density at radius 2 is 1.74 bits per heavy atom. The number of nitrogens with zero attached hydrogens (tertiary/aromatic N) is 2. The summed E-state index contributed by atoms with van der Waals surface area (Å²) in [7, 11) is -3.74. The number of halogens is 1. The molecule has 0 spiro atoms. The van der Waals surface area contributed by atoms with Crippen molar-refractivity contribution in [3.63, 3.8) is 0 Å². The molecule has 2 saturated heterocycles. The Labute approximate surface area is 166 Å². The second-order valence-electron chi connectivity index (χ2n) is 6.81. The fourth-order valence-corrected chi connectivity index (χ4v) is 5.77. The Morgan fingerprint density at radius 1 is 1.07 bits per heavy atom. The van der Waals surface area contributed by atoms with Crippen LogP contribution in [-0.2, 0) is 14.8 Å². The van der Waals surface area contributed by atoms with Crippen LogP contribution in [0.5, 0.6) is 0 Å². The monoisotopic (exact) mass is 450 g/mol. The van der Waals surface area contributed by atoms with E-state index in [4.69, 9.17) is 0 Å². The van der Waals surface area contributed by atoms with E-state index < -0.39 is 10.0 Å². The van der Waals surface area contributed by atoms with Crippen molar-refractivity contribution in [1.29, 1.82) is 0 Å². The van der Waals surface area contributed by atoms with E-state index in [0.717, 1.165) is 10.0 Å². The number of aliphatic hydroxyl groups is 1. The highest BCUT2D eigenvalue weighted by atomic mass is 79.9. The summed E-state index contributed by atoms with van der Waals surface area (Å²) < 4.78 is 28.1. The fraction of sp³-hybridized carbons (Fsp3) is 0.316. The normalized spacial score (nSPS) is 25.8. The molecule has 2 aliphatic rings. The van der Waals surface area contributed by atoms with Crippen molar-refractivity contribution in [3.8, 4) is 0 Å². The number of sulfonamides is 1. The van der Waals surface area contributed by atoms with Crippen LogP contribution in [0.15, 0.2) is 64.0 Å². The predicted molar refractivity (Wildman–Crippen MR) is 104 cm³/mol. The summed E-state index contributed by atoms with van der Waals surface area (Å²) in [6.07, 6.45) is 0. The third-order valence-corrected chi connectivity index (χ3v) is 7.71. The molecular formula is C19H19BrN2O4S. The molecule has 0 unspecified atom stereocenters.